The first-order chi connectivity index (χ1) is 8.47. The van der Waals surface area contributed by atoms with Crippen molar-refractivity contribution < 1.29 is 0 Å². The van der Waals surface area contributed by atoms with E-state index in [-0.39, 0.29) is 6.04 Å². The molecule has 1 atom stereocenters. The number of rotatable bonds is 3. The average Bonchev–Trinajstić information content (AvgIpc) is 2.62. The van der Waals surface area contributed by atoms with Crippen molar-refractivity contribution in [1.82, 2.24) is 9.78 Å². The van der Waals surface area contributed by atoms with Crippen LogP contribution in [0.4, 0.5) is 5.69 Å². The van der Waals surface area contributed by atoms with Gasteiger partial charge in [0.15, 0.2) is 0 Å². The maximum absolute atomic E-state index is 4.18. The van der Waals surface area contributed by atoms with Crippen LogP contribution in [0.5, 0.6) is 0 Å². The summed E-state index contributed by atoms with van der Waals surface area (Å²) in [6.45, 7) is 8.69. The van der Waals surface area contributed by atoms with Crippen molar-refractivity contribution in [1.29, 1.82) is 0 Å². The molecule has 2 aromatic rings. The number of aryl methyl sites for hydroxylation is 4. The second-order valence-electron chi connectivity index (χ2n) is 5.08. The van der Waals surface area contributed by atoms with Gasteiger partial charge in [0.1, 0.15) is 0 Å². The zero-order chi connectivity index (χ0) is 13.3. The third kappa shape index (κ3) is 2.55. The number of anilines is 1. The molecule has 2 rings (SSSR count). The quantitative estimate of drug-likeness (QED) is 0.894. The van der Waals surface area contributed by atoms with Crippen LogP contribution in [0.3, 0.4) is 0 Å². The normalized spacial score (nSPS) is 12.5. The summed E-state index contributed by atoms with van der Waals surface area (Å²) in [4.78, 5) is 0. The molecule has 1 unspecified atom stereocenters. The van der Waals surface area contributed by atoms with E-state index in [0.29, 0.717) is 0 Å². The van der Waals surface area contributed by atoms with E-state index in [1.165, 1.54) is 22.3 Å². The van der Waals surface area contributed by atoms with Gasteiger partial charge in [0.05, 0.1) is 11.9 Å². The van der Waals surface area contributed by atoms with Gasteiger partial charge in [-0.15, -0.1) is 0 Å². The minimum absolute atomic E-state index is 0.287. The molecule has 0 fully saturated rings. The highest BCUT2D eigenvalue weighted by atomic mass is 15.3. The molecule has 96 valence electrons. The highest BCUT2D eigenvalue weighted by Crippen LogP contribution is 2.26. The summed E-state index contributed by atoms with van der Waals surface area (Å²) in [5.41, 5.74) is 6.45. The van der Waals surface area contributed by atoms with Gasteiger partial charge in [-0.2, -0.15) is 5.10 Å². The van der Waals surface area contributed by atoms with Gasteiger partial charge in [-0.1, -0.05) is 17.7 Å². The summed E-state index contributed by atoms with van der Waals surface area (Å²) in [5, 5.41) is 7.67. The summed E-state index contributed by atoms with van der Waals surface area (Å²) in [6.07, 6.45) is 3.85. The Morgan fingerprint density at radius 2 is 1.78 bits per heavy atom. The molecular formula is C15H21N3. The van der Waals surface area contributed by atoms with Crippen molar-refractivity contribution in [3.8, 4) is 0 Å². The van der Waals surface area contributed by atoms with E-state index in [0.717, 1.165) is 5.69 Å². The Hall–Kier alpha value is -1.77. The summed E-state index contributed by atoms with van der Waals surface area (Å²) in [5.74, 6) is 0. The molecule has 0 saturated heterocycles. The first-order valence-electron chi connectivity index (χ1n) is 6.30. The molecule has 0 saturated carbocycles. The van der Waals surface area contributed by atoms with E-state index in [9.17, 15) is 0 Å². The van der Waals surface area contributed by atoms with Crippen LogP contribution in [0.25, 0.3) is 0 Å². The number of hydrogen-bond donors (Lipinski definition) is 1. The second-order valence-corrected chi connectivity index (χ2v) is 5.08. The van der Waals surface area contributed by atoms with E-state index < -0.39 is 0 Å². The average molecular weight is 243 g/mol. The molecule has 1 aromatic heterocycles. The van der Waals surface area contributed by atoms with E-state index in [2.05, 4.69) is 50.2 Å². The van der Waals surface area contributed by atoms with Crippen molar-refractivity contribution in [3.63, 3.8) is 0 Å². The SMILES string of the molecule is Cc1cc(C)c(C(C)Nc2cnn(C)c2)c(C)c1. The van der Waals surface area contributed by atoms with Crippen molar-refractivity contribution in [2.45, 2.75) is 33.7 Å². The van der Waals surface area contributed by atoms with Gasteiger partial charge in [-0.25, -0.2) is 0 Å². The minimum atomic E-state index is 0.287. The van der Waals surface area contributed by atoms with Crippen LogP contribution in [0.1, 0.15) is 35.2 Å². The van der Waals surface area contributed by atoms with Gasteiger partial charge < -0.3 is 5.32 Å². The molecule has 1 aromatic carbocycles. The van der Waals surface area contributed by atoms with Crippen molar-refractivity contribution in [3.05, 3.63) is 46.8 Å². The predicted octanol–water partition coefficient (Wildman–Crippen LogP) is 3.52. The Bertz CT molecular complexity index is 532. The molecule has 1 heterocycles. The third-order valence-electron chi connectivity index (χ3n) is 3.26. The summed E-state index contributed by atoms with van der Waals surface area (Å²) < 4.78 is 1.81. The maximum atomic E-state index is 4.18. The fraction of sp³-hybridized carbons (Fsp3) is 0.400. The van der Waals surface area contributed by atoms with E-state index in [4.69, 9.17) is 0 Å². The van der Waals surface area contributed by atoms with Gasteiger partial charge in [0, 0.05) is 19.3 Å². The molecule has 0 aliphatic carbocycles. The van der Waals surface area contributed by atoms with E-state index in [1.807, 2.05) is 24.1 Å². The smallest absolute Gasteiger partial charge is 0.0731 e. The lowest BCUT2D eigenvalue weighted by molar-refractivity contribution is 0.767. The highest BCUT2D eigenvalue weighted by molar-refractivity contribution is 5.46. The van der Waals surface area contributed by atoms with Gasteiger partial charge >= 0.3 is 0 Å². The minimum Gasteiger partial charge on any atom is -0.376 e. The van der Waals surface area contributed by atoms with Crippen LogP contribution in [0.2, 0.25) is 0 Å². The molecule has 0 radical (unpaired) electrons. The van der Waals surface area contributed by atoms with Gasteiger partial charge in [-0.05, 0) is 44.4 Å². The van der Waals surface area contributed by atoms with E-state index >= 15 is 0 Å². The Morgan fingerprint density at radius 3 is 2.28 bits per heavy atom. The van der Waals surface area contributed by atoms with Crippen LogP contribution in [-0.2, 0) is 7.05 Å². The second kappa shape index (κ2) is 4.84. The standard InChI is InChI=1S/C15H21N3/c1-10-6-11(2)15(12(3)7-10)13(4)17-14-8-16-18(5)9-14/h6-9,13,17H,1-5H3. The van der Waals surface area contributed by atoms with Crippen molar-refractivity contribution in [2.24, 2.45) is 7.05 Å². The monoisotopic (exact) mass is 243 g/mol. The third-order valence-corrected chi connectivity index (χ3v) is 3.26. The van der Waals surface area contributed by atoms with Crippen LogP contribution in [0.15, 0.2) is 24.5 Å². The van der Waals surface area contributed by atoms with Gasteiger partial charge in [0.25, 0.3) is 0 Å². The lowest BCUT2D eigenvalue weighted by atomic mass is 9.95. The number of nitrogens with zero attached hydrogens (tertiary/aromatic N) is 2. The van der Waals surface area contributed by atoms with Crippen molar-refractivity contribution >= 4 is 5.69 Å². The zero-order valence-electron chi connectivity index (χ0n) is 11.8. The number of aromatic nitrogens is 2. The van der Waals surface area contributed by atoms with Crippen LogP contribution >= 0.6 is 0 Å². The number of nitrogens with one attached hydrogen (secondary N) is 1. The zero-order valence-corrected chi connectivity index (χ0v) is 11.8. The Kier molecular flexibility index (Phi) is 3.41. The van der Waals surface area contributed by atoms with E-state index in [1.54, 1.807) is 0 Å². The lowest BCUT2D eigenvalue weighted by Crippen LogP contribution is -2.10. The molecule has 3 nitrogen and oxygen atoms in total. The van der Waals surface area contributed by atoms with Crippen LogP contribution < -0.4 is 5.32 Å². The number of benzene rings is 1. The van der Waals surface area contributed by atoms with Crippen LogP contribution in [-0.4, -0.2) is 9.78 Å². The topological polar surface area (TPSA) is 29.9 Å². The molecule has 0 amide bonds. The van der Waals surface area contributed by atoms with Crippen molar-refractivity contribution in [2.75, 3.05) is 5.32 Å². The van der Waals surface area contributed by atoms with Gasteiger partial charge in [-0.3, -0.25) is 4.68 Å². The molecule has 0 aliphatic heterocycles. The molecule has 1 N–H and O–H groups in total. The Morgan fingerprint density at radius 1 is 1.17 bits per heavy atom. The van der Waals surface area contributed by atoms with Crippen LogP contribution in [0, 0.1) is 20.8 Å². The lowest BCUT2D eigenvalue weighted by Gasteiger charge is -2.20. The van der Waals surface area contributed by atoms with Gasteiger partial charge in [0.2, 0.25) is 0 Å². The molecule has 3 heteroatoms. The molecule has 18 heavy (non-hydrogen) atoms. The largest absolute Gasteiger partial charge is 0.376 e. The summed E-state index contributed by atoms with van der Waals surface area (Å²) in [6, 6.07) is 4.77. The molecular weight excluding hydrogens is 222 g/mol. The first-order valence-corrected chi connectivity index (χ1v) is 6.30. The fourth-order valence-electron chi connectivity index (χ4n) is 2.69. The molecule has 0 aliphatic rings. The highest BCUT2D eigenvalue weighted by Gasteiger charge is 2.12. The Labute approximate surface area is 109 Å². The molecule has 0 bridgehead atoms. The number of hydrogen-bond acceptors (Lipinski definition) is 2. The fourth-order valence-corrected chi connectivity index (χ4v) is 2.69. The Balaban J connectivity index is 2.26. The maximum Gasteiger partial charge on any atom is 0.0731 e. The summed E-state index contributed by atoms with van der Waals surface area (Å²) in [7, 11) is 1.93. The predicted molar refractivity (Wildman–Crippen MR) is 75.9 cm³/mol. The first kappa shape index (κ1) is 12.7. The summed E-state index contributed by atoms with van der Waals surface area (Å²) >= 11 is 0. The molecule has 0 spiro atoms.